The van der Waals surface area contributed by atoms with Gasteiger partial charge in [-0.15, -0.1) is 0 Å². The van der Waals surface area contributed by atoms with E-state index in [-0.39, 0.29) is 22.6 Å². The Hall–Kier alpha value is -1.47. The number of carbonyl (C=O) groups is 1. The highest BCUT2D eigenvalue weighted by Crippen LogP contribution is 2.33. The average molecular weight is 315 g/mol. The van der Waals surface area contributed by atoms with Crippen LogP contribution in [0.2, 0.25) is 0 Å². The summed E-state index contributed by atoms with van der Waals surface area (Å²) < 4.78 is 40.4. The normalized spacial score (nSPS) is 15.1. The first-order valence-corrected chi connectivity index (χ1v) is 8.32. The molecular weight excluding hydrogens is 297 g/mol. The van der Waals surface area contributed by atoms with Crippen molar-refractivity contribution in [1.82, 2.24) is 4.72 Å². The zero-order valence-corrected chi connectivity index (χ0v) is 12.5. The largest absolute Gasteiger partial charge is 0.478 e. The predicted molar refractivity (Wildman–Crippen MR) is 75.2 cm³/mol. The molecule has 1 aromatic carbocycles. The van der Waals surface area contributed by atoms with Crippen molar-refractivity contribution < 1.29 is 22.7 Å². The van der Waals surface area contributed by atoms with Crippen LogP contribution in [0, 0.1) is 18.7 Å². The number of nitrogens with one attached hydrogen (secondary N) is 1. The second kappa shape index (κ2) is 6.11. The van der Waals surface area contributed by atoms with Crippen LogP contribution in [-0.4, -0.2) is 26.0 Å². The van der Waals surface area contributed by atoms with E-state index in [1.165, 1.54) is 19.8 Å². The minimum absolute atomic E-state index is 0.0744. The van der Waals surface area contributed by atoms with Crippen molar-refractivity contribution in [2.24, 2.45) is 5.92 Å². The third-order valence-electron chi connectivity index (χ3n) is 3.61. The van der Waals surface area contributed by atoms with E-state index < -0.39 is 21.8 Å². The van der Waals surface area contributed by atoms with Gasteiger partial charge in [0.25, 0.3) is 0 Å². The Bertz CT molecular complexity index is 653. The van der Waals surface area contributed by atoms with Crippen LogP contribution < -0.4 is 4.72 Å². The summed E-state index contributed by atoms with van der Waals surface area (Å²) in [6.45, 7) is 1.59. The molecule has 21 heavy (non-hydrogen) atoms. The van der Waals surface area contributed by atoms with Crippen molar-refractivity contribution in [2.75, 3.05) is 6.54 Å². The van der Waals surface area contributed by atoms with Crippen LogP contribution in [0.4, 0.5) is 4.39 Å². The number of carboxylic acid groups (broad SMARTS) is 1. The van der Waals surface area contributed by atoms with Crippen molar-refractivity contribution in [3.63, 3.8) is 0 Å². The Morgan fingerprint density at radius 3 is 2.67 bits per heavy atom. The summed E-state index contributed by atoms with van der Waals surface area (Å²) in [6, 6.07) is 1.81. The SMILES string of the molecule is Cc1c(F)cc(C(=O)O)cc1S(=O)(=O)NCCCC1CC1. The van der Waals surface area contributed by atoms with Crippen LogP contribution in [0.25, 0.3) is 0 Å². The average Bonchev–Trinajstić information content (AvgIpc) is 3.21. The molecule has 0 aliphatic heterocycles. The van der Waals surface area contributed by atoms with E-state index >= 15 is 0 Å². The Labute approximate surface area is 123 Å². The van der Waals surface area contributed by atoms with Crippen LogP contribution in [0.3, 0.4) is 0 Å². The maximum absolute atomic E-state index is 13.7. The molecule has 0 atom stereocenters. The van der Waals surface area contributed by atoms with E-state index in [1.54, 1.807) is 0 Å². The van der Waals surface area contributed by atoms with Crippen LogP contribution in [0.1, 0.15) is 41.6 Å². The Morgan fingerprint density at radius 2 is 2.10 bits per heavy atom. The number of sulfonamides is 1. The minimum Gasteiger partial charge on any atom is -0.478 e. The molecule has 0 unspecified atom stereocenters. The lowest BCUT2D eigenvalue weighted by molar-refractivity contribution is 0.0696. The van der Waals surface area contributed by atoms with Gasteiger partial charge in [-0.3, -0.25) is 0 Å². The molecule has 1 aliphatic carbocycles. The quantitative estimate of drug-likeness (QED) is 0.756. The van der Waals surface area contributed by atoms with E-state index in [0.29, 0.717) is 5.92 Å². The first-order chi connectivity index (χ1) is 9.81. The maximum Gasteiger partial charge on any atom is 0.335 e. The van der Waals surface area contributed by atoms with Crippen molar-refractivity contribution in [3.8, 4) is 0 Å². The summed E-state index contributed by atoms with van der Waals surface area (Å²) in [6.07, 6.45) is 4.12. The Balaban J connectivity index is 2.15. The Kier molecular flexibility index (Phi) is 4.63. The molecule has 0 heterocycles. The van der Waals surface area contributed by atoms with Gasteiger partial charge in [-0.05, 0) is 37.8 Å². The van der Waals surface area contributed by atoms with Crippen LogP contribution in [0.5, 0.6) is 0 Å². The molecule has 116 valence electrons. The second-order valence-corrected chi connectivity index (χ2v) is 7.11. The molecule has 2 N–H and O–H groups in total. The van der Waals surface area contributed by atoms with Gasteiger partial charge in [0, 0.05) is 12.1 Å². The van der Waals surface area contributed by atoms with Gasteiger partial charge in [0.15, 0.2) is 0 Å². The molecule has 7 heteroatoms. The predicted octanol–water partition coefficient (Wildman–Crippen LogP) is 2.30. The number of aromatic carboxylic acids is 1. The van der Waals surface area contributed by atoms with Crippen LogP contribution in [-0.2, 0) is 10.0 Å². The van der Waals surface area contributed by atoms with Crippen molar-refractivity contribution in [2.45, 2.75) is 37.5 Å². The summed E-state index contributed by atoms with van der Waals surface area (Å²) in [4.78, 5) is 10.6. The first kappa shape index (κ1) is 15.9. The molecule has 1 saturated carbocycles. The zero-order valence-electron chi connectivity index (χ0n) is 11.7. The number of benzene rings is 1. The molecule has 0 spiro atoms. The third-order valence-corrected chi connectivity index (χ3v) is 5.20. The molecule has 0 bridgehead atoms. The van der Waals surface area contributed by atoms with E-state index in [0.717, 1.165) is 25.0 Å². The van der Waals surface area contributed by atoms with Crippen LogP contribution in [0.15, 0.2) is 17.0 Å². The zero-order chi connectivity index (χ0) is 15.6. The van der Waals surface area contributed by atoms with E-state index in [1.807, 2.05) is 0 Å². The summed E-state index contributed by atoms with van der Waals surface area (Å²) >= 11 is 0. The number of halogens is 1. The van der Waals surface area contributed by atoms with Gasteiger partial charge in [0.05, 0.1) is 10.5 Å². The molecule has 0 amide bonds. The van der Waals surface area contributed by atoms with E-state index in [9.17, 15) is 17.6 Å². The fraction of sp³-hybridized carbons (Fsp3) is 0.500. The standard InChI is InChI=1S/C14H18FNO4S/c1-9-12(15)7-11(14(17)18)8-13(9)21(19,20)16-6-2-3-10-4-5-10/h7-8,10,16H,2-6H2,1H3,(H,17,18). The van der Waals surface area contributed by atoms with Gasteiger partial charge >= 0.3 is 5.97 Å². The highest BCUT2D eigenvalue weighted by atomic mass is 32.2. The summed E-state index contributed by atoms with van der Waals surface area (Å²) in [7, 11) is -3.90. The first-order valence-electron chi connectivity index (χ1n) is 6.84. The number of hydrogen-bond donors (Lipinski definition) is 2. The van der Waals surface area contributed by atoms with Gasteiger partial charge in [-0.1, -0.05) is 12.8 Å². The van der Waals surface area contributed by atoms with Gasteiger partial charge < -0.3 is 5.11 Å². The molecular formula is C14H18FNO4S. The number of carboxylic acids is 1. The summed E-state index contributed by atoms with van der Waals surface area (Å²) in [5, 5.41) is 8.89. The lowest BCUT2D eigenvalue weighted by atomic mass is 10.1. The van der Waals surface area contributed by atoms with Crippen molar-refractivity contribution in [3.05, 3.63) is 29.1 Å². The van der Waals surface area contributed by atoms with Gasteiger partial charge in [-0.25, -0.2) is 22.3 Å². The Morgan fingerprint density at radius 1 is 1.43 bits per heavy atom. The maximum atomic E-state index is 13.7. The number of rotatable bonds is 7. The van der Waals surface area contributed by atoms with Crippen molar-refractivity contribution in [1.29, 1.82) is 0 Å². The van der Waals surface area contributed by atoms with Gasteiger partial charge in [-0.2, -0.15) is 0 Å². The smallest absolute Gasteiger partial charge is 0.335 e. The van der Waals surface area contributed by atoms with Crippen LogP contribution >= 0.6 is 0 Å². The van der Waals surface area contributed by atoms with E-state index in [4.69, 9.17) is 5.11 Å². The van der Waals surface area contributed by atoms with E-state index in [2.05, 4.69) is 4.72 Å². The molecule has 0 radical (unpaired) electrons. The summed E-state index contributed by atoms with van der Waals surface area (Å²) in [5.41, 5.74) is -0.453. The lowest BCUT2D eigenvalue weighted by Crippen LogP contribution is -2.26. The highest BCUT2D eigenvalue weighted by molar-refractivity contribution is 7.89. The molecule has 0 saturated heterocycles. The topological polar surface area (TPSA) is 83.5 Å². The molecule has 0 aromatic heterocycles. The molecule has 1 aliphatic rings. The third kappa shape index (κ3) is 4.01. The lowest BCUT2D eigenvalue weighted by Gasteiger charge is -2.11. The molecule has 1 aromatic rings. The van der Waals surface area contributed by atoms with Crippen molar-refractivity contribution >= 4 is 16.0 Å². The molecule has 5 nitrogen and oxygen atoms in total. The molecule has 1 fully saturated rings. The minimum atomic E-state index is -3.90. The number of hydrogen-bond acceptors (Lipinski definition) is 3. The fourth-order valence-corrected chi connectivity index (χ4v) is 3.49. The second-order valence-electron chi connectivity index (χ2n) is 5.37. The molecule has 2 rings (SSSR count). The van der Waals surface area contributed by atoms with Gasteiger partial charge in [0.1, 0.15) is 5.82 Å². The highest BCUT2D eigenvalue weighted by Gasteiger charge is 2.23. The summed E-state index contributed by atoms with van der Waals surface area (Å²) in [5.74, 6) is -1.49. The fourth-order valence-electron chi connectivity index (χ4n) is 2.14. The monoisotopic (exact) mass is 315 g/mol. The van der Waals surface area contributed by atoms with Gasteiger partial charge in [0.2, 0.25) is 10.0 Å².